The van der Waals surface area contributed by atoms with Crippen LogP contribution in [0.15, 0.2) is 36.4 Å². The van der Waals surface area contributed by atoms with Crippen LogP contribution in [-0.2, 0) is 6.42 Å². The van der Waals surface area contributed by atoms with Crippen molar-refractivity contribution in [1.82, 2.24) is 5.23 Å². The molecule has 0 aliphatic rings. The molecule has 0 saturated carbocycles. The maximum atomic E-state index is 10.4. The third-order valence-electron chi connectivity index (χ3n) is 2.43. The summed E-state index contributed by atoms with van der Waals surface area (Å²) in [5.74, 6) is 0.793. The van der Waals surface area contributed by atoms with Gasteiger partial charge in [0.25, 0.3) is 0 Å². The molecule has 0 aliphatic heterocycles. The Hall–Kier alpha value is -1.40. The molecule has 0 bridgehead atoms. The van der Waals surface area contributed by atoms with Crippen molar-refractivity contribution in [2.45, 2.75) is 13.3 Å². The molecular formula is C13H14NO3S-. The van der Waals surface area contributed by atoms with Gasteiger partial charge in [-0.3, -0.25) is 5.23 Å². The summed E-state index contributed by atoms with van der Waals surface area (Å²) in [6, 6.07) is 11.6. The molecule has 1 aromatic heterocycles. The van der Waals surface area contributed by atoms with Gasteiger partial charge in [-0.15, -0.1) is 11.3 Å². The third-order valence-corrected chi connectivity index (χ3v) is 3.45. The molecule has 0 saturated heterocycles. The van der Waals surface area contributed by atoms with E-state index in [0.717, 1.165) is 15.7 Å². The van der Waals surface area contributed by atoms with Crippen LogP contribution in [-0.4, -0.2) is 17.0 Å². The van der Waals surface area contributed by atoms with Crippen molar-refractivity contribution in [2.75, 3.05) is 6.54 Å². The Kier molecular flexibility index (Phi) is 4.33. The van der Waals surface area contributed by atoms with Crippen molar-refractivity contribution < 1.29 is 9.94 Å². The highest BCUT2D eigenvalue weighted by molar-refractivity contribution is 7.13. The minimum atomic E-state index is -0.0553. The summed E-state index contributed by atoms with van der Waals surface area (Å²) in [6.45, 7) is 2.10. The number of rotatable bonds is 5. The van der Waals surface area contributed by atoms with E-state index in [9.17, 15) is 5.21 Å². The quantitative estimate of drug-likeness (QED) is 0.839. The van der Waals surface area contributed by atoms with Crippen LogP contribution >= 0.6 is 11.3 Å². The van der Waals surface area contributed by atoms with Gasteiger partial charge in [0.1, 0.15) is 5.75 Å². The summed E-state index contributed by atoms with van der Waals surface area (Å²) >= 11 is 1.48. The first-order chi connectivity index (χ1) is 8.63. The summed E-state index contributed by atoms with van der Waals surface area (Å²) in [5, 5.41) is 19.7. The predicted molar refractivity (Wildman–Crippen MR) is 71.1 cm³/mol. The number of hydrogen-bond acceptors (Lipinski definition) is 5. The van der Waals surface area contributed by atoms with E-state index in [2.05, 4.69) is 0 Å². The normalized spacial score (nSPS) is 10.9. The van der Waals surface area contributed by atoms with Crippen LogP contribution in [0.1, 0.15) is 10.4 Å². The molecule has 5 heteroatoms. The zero-order valence-electron chi connectivity index (χ0n) is 10.00. The monoisotopic (exact) mass is 264 g/mol. The van der Waals surface area contributed by atoms with Crippen LogP contribution in [0.2, 0.25) is 0 Å². The zero-order chi connectivity index (χ0) is 13.0. The Morgan fingerprint density at radius 3 is 2.61 bits per heavy atom. The maximum Gasteiger partial charge on any atom is 0.181 e. The van der Waals surface area contributed by atoms with Gasteiger partial charge in [0.15, 0.2) is 5.06 Å². The Morgan fingerprint density at radius 1 is 1.22 bits per heavy atom. The molecule has 0 spiro atoms. The van der Waals surface area contributed by atoms with Gasteiger partial charge in [-0.2, -0.15) is 0 Å². The van der Waals surface area contributed by atoms with Crippen LogP contribution in [0.5, 0.6) is 10.8 Å². The second-order valence-corrected chi connectivity index (χ2v) is 5.09. The Balaban J connectivity index is 1.95. The molecule has 1 N–H and O–H groups in total. The van der Waals surface area contributed by atoms with Gasteiger partial charge in [-0.1, -0.05) is 17.7 Å². The number of benzene rings is 1. The first-order valence-electron chi connectivity index (χ1n) is 5.60. The van der Waals surface area contributed by atoms with Crippen LogP contribution in [0.3, 0.4) is 0 Å². The summed E-state index contributed by atoms with van der Waals surface area (Å²) in [5.41, 5.74) is 1.19. The van der Waals surface area contributed by atoms with Crippen molar-refractivity contribution >= 4 is 11.3 Å². The van der Waals surface area contributed by atoms with Gasteiger partial charge >= 0.3 is 0 Å². The number of aryl methyl sites for hydroxylation is 1. The van der Waals surface area contributed by atoms with E-state index in [-0.39, 0.29) is 11.8 Å². The lowest BCUT2D eigenvalue weighted by Gasteiger charge is -2.17. The van der Waals surface area contributed by atoms with Crippen LogP contribution in [0, 0.1) is 12.1 Å². The molecule has 1 heterocycles. The van der Waals surface area contributed by atoms with Gasteiger partial charge in [0.2, 0.25) is 0 Å². The maximum absolute atomic E-state index is 10.4. The molecule has 0 atom stereocenters. The predicted octanol–water partition coefficient (Wildman–Crippen LogP) is 3.58. The lowest BCUT2D eigenvalue weighted by Crippen LogP contribution is -2.13. The molecule has 0 radical (unpaired) electrons. The first kappa shape index (κ1) is 13.0. The van der Waals surface area contributed by atoms with E-state index >= 15 is 0 Å². The number of thiophene rings is 1. The van der Waals surface area contributed by atoms with Gasteiger partial charge in [0.05, 0.1) is 0 Å². The first-order valence-corrected chi connectivity index (χ1v) is 6.42. The zero-order valence-corrected chi connectivity index (χ0v) is 10.8. The van der Waals surface area contributed by atoms with Crippen molar-refractivity contribution in [1.29, 1.82) is 0 Å². The van der Waals surface area contributed by atoms with Gasteiger partial charge < -0.3 is 15.2 Å². The van der Waals surface area contributed by atoms with E-state index in [1.807, 2.05) is 43.3 Å². The highest BCUT2D eigenvalue weighted by Crippen LogP contribution is 2.29. The highest BCUT2D eigenvalue weighted by Gasteiger charge is 2.02. The largest absolute Gasteiger partial charge is 0.762 e. The minimum absolute atomic E-state index is 0.0553. The van der Waals surface area contributed by atoms with E-state index in [1.54, 1.807) is 0 Å². The molecular weight excluding hydrogens is 250 g/mol. The fourth-order valence-electron chi connectivity index (χ4n) is 1.48. The van der Waals surface area contributed by atoms with E-state index < -0.39 is 0 Å². The molecule has 96 valence electrons. The highest BCUT2D eigenvalue weighted by atomic mass is 32.1. The Bertz CT molecular complexity index is 493. The molecule has 0 fully saturated rings. The molecule has 18 heavy (non-hydrogen) atoms. The molecule has 0 amide bonds. The smallest absolute Gasteiger partial charge is 0.181 e. The Labute approximate surface area is 110 Å². The number of nitrogens with zero attached hydrogens (tertiary/aromatic N) is 1. The topological polar surface area (TPSA) is 55.8 Å². The standard InChI is InChI=1S/C13H14NO3S/c1-10-2-4-11(5-3-10)17-13-7-6-12(18-13)8-9-14(15)16/h2-7,15H,8-9H2,1H3/q-1. The lowest BCUT2D eigenvalue weighted by molar-refractivity contribution is -0.0390. The molecule has 0 unspecified atom stereocenters. The summed E-state index contributed by atoms with van der Waals surface area (Å²) < 4.78 is 5.69. The van der Waals surface area contributed by atoms with Crippen LogP contribution in [0.4, 0.5) is 0 Å². The molecule has 2 rings (SSSR count). The summed E-state index contributed by atoms with van der Waals surface area (Å²) in [6.07, 6.45) is 0.516. The van der Waals surface area contributed by atoms with Crippen LogP contribution in [0.25, 0.3) is 0 Å². The van der Waals surface area contributed by atoms with Gasteiger partial charge in [-0.05, 0) is 37.6 Å². The number of hydrogen-bond donors (Lipinski definition) is 1. The summed E-state index contributed by atoms with van der Waals surface area (Å²) in [4.78, 5) is 1.01. The average molecular weight is 264 g/mol. The fraction of sp³-hybridized carbons (Fsp3) is 0.231. The number of hydroxylamine groups is 2. The van der Waals surface area contributed by atoms with E-state index in [4.69, 9.17) is 9.94 Å². The van der Waals surface area contributed by atoms with Crippen molar-refractivity contribution in [2.24, 2.45) is 0 Å². The molecule has 0 aliphatic carbocycles. The molecule has 4 nitrogen and oxygen atoms in total. The van der Waals surface area contributed by atoms with Gasteiger partial charge in [0, 0.05) is 11.4 Å². The van der Waals surface area contributed by atoms with Crippen LogP contribution < -0.4 is 4.74 Å². The molecule has 1 aromatic carbocycles. The fourth-order valence-corrected chi connectivity index (χ4v) is 2.34. The minimum Gasteiger partial charge on any atom is -0.762 e. The molecule has 2 aromatic rings. The van der Waals surface area contributed by atoms with Gasteiger partial charge in [-0.25, -0.2) is 0 Å². The van der Waals surface area contributed by atoms with Crippen molar-refractivity contribution in [3.05, 3.63) is 52.0 Å². The lowest BCUT2D eigenvalue weighted by atomic mass is 10.2. The van der Waals surface area contributed by atoms with Crippen molar-refractivity contribution in [3.8, 4) is 10.8 Å². The van der Waals surface area contributed by atoms with E-state index in [1.165, 1.54) is 16.9 Å². The SMILES string of the molecule is Cc1ccc(Oc2ccc(CCN([O-])O)s2)cc1. The third kappa shape index (κ3) is 3.82. The second-order valence-electron chi connectivity index (χ2n) is 3.96. The summed E-state index contributed by atoms with van der Waals surface area (Å²) in [7, 11) is 0. The second kappa shape index (κ2) is 5.97. The number of ether oxygens (including phenoxy) is 1. The average Bonchev–Trinajstić information content (AvgIpc) is 2.77. The van der Waals surface area contributed by atoms with Crippen molar-refractivity contribution in [3.63, 3.8) is 0 Å². The van der Waals surface area contributed by atoms with E-state index in [0.29, 0.717) is 6.42 Å². The Morgan fingerprint density at radius 2 is 1.94 bits per heavy atom.